The Morgan fingerprint density at radius 2 is 1.67 bits per heavy atom. The molecule has 0 radical (unpaired) electrons. The Labute approximate surface area is 69.2 Å². The van der Waals surface area contributed by atoms with E-state index in [0.717, 1.165) is 0 Å². The Balaban J connectivity index is 2.63. The van der Waals surface area contributed by atoms with Gasteiger partial charge in [0.2, 0.25) is 0 Å². The molecule has 5 atom stereocenters. The van der Waals surface area contributed by atoms with Gasteiger partial charge in [0.15, 0.2) is 0 Å². The third-order valence-corrected chi connectivity index (χ3v) is 1.93. The van der Waals surface area contributed by atoms with Crippen molar-refractivity contribution in [3.63, 3.8) is 0 Å². The first kappa shape index (κ1) is 9.85. The Kier molecular flexibility index (Phi) is 2.99. The van der Waals surface area contributed by atoms with Crippen molar-refractivity contribution in [1.29, 1.82) is 0 Å². The molecule has 0 spiro atoms. The molecule has 0 aliphatic carbocycles. The van der Waals surface area contributed by atoms with Crippen LogP contribution >= 0.6 is 0 Å². The summed E-state index contributed by atoms with van der Waals surface area (Å²) < 4.78 is 4.80. The number of hydrogen-bond acceptors (Lipinski definition) is 6. The summed E-state index contributed by atoms with van der Waals surface area (Å²) in [6, 6.07) is 0. The van der Waals surface area contributed by atoms with Crippen LogP contribution < -0.4 is 5.73 Å². The van der Waals surface area contributed by atoms with Crippen molar-refractivity contribution in [2.45, 2.75) is 30.6 Å². The van der Waals surface area contributed by atoms with Gasteiger partial charge in [-0.15, -0.1) is 0 Å². The molecule has 1 aliphatic heterocycles. The molecule has 72 valence electrons. The number of aliphatic hydroxyl groups is 4. The molecule has 0 amide bonds. The topological polar surface area (TPSA) is 116 Å². The standard InChI is InChI=1S/C6H13NO5/c7-6-5(11)4(10)3(9)2(1-8)12-6/h2-6,8-11H,1,7H2/t2-,3+,4+,5-,6?/m1/s1. The first-order chi connectivity index (χ1) is 5.57. The van der Waals surface area contributed by atoms with Crippen LogP contribution in [-0.2, 0) is 4.74 Å². The van der Waals surface area contributed by atoms with Gasteiger partial charge in [-0.3, -0.25) is 0 Å². The highest BCUT2D eigenvalue weighted by Gasteiger charge is 2.41. The number of rotatable bonds is 1. The normalized spacial score (nSPS) is 49.2. The lowest BCUT2D eigenvalue weighted by atomic mass is 9.99. The van der Waals surface area contributed by atoms with E-state index in [1.165, 1.54) is 0 Å². The zero-order valence-corrected chi connectivity index (χ0v) is 6.37. The second kappa shape index (κ2) is 3.65. The fraction of sp³-hybridized carbons (Fsp3) is 1.00. The second-order valence-electron chi connectivity index (χ2n) is 2.79. The maximum Gasteiger partial charge on any atom is 0.135 e. The van der Waals surface area contributed by atoms with Crippen molar-refractivity contribution in [3.8, 4) is 0 Å². The van der Waals surface area contributed by atoms with Crippen molar-refractivity contribution in [2.24, 2.45) is 5.73 Å². The van der Waals surface area contributed by atoms with Crippen LogP contribution in [0.2, 0.25) is 0 Å². The highest BCUT2D eigenvalue weighted by Crippen LogP contribution is 2.17. The molecule has 1 unspecified atom stereocenters. The monoisotopic (exact) mass is 179 g/mol. The van der Waals surface area contributed by atoms with Crippen molar-refractivity contribution in [3.05, 3.63) is 0 Å². The molecule has 1 aliphatic rings. The molecule has 1 fully saturated rings. The summed E-state index contributed by atoms with van der Waals surface area (Å²) in [7, 11) is 0. The number of nitrogens with two attached hydrogens (primary N) is 1. The Hall–Kier alpha value is -0.240. The zero-order chi connectivity index (χ0) is 9.30. The molecule has 6 N–H and O–H groups in total. The molecule has 0 aromatic carbocycles. The number of hydrogen-bond donors (Lipinski definition) is 5. The molecular formula is C6H13NO5. The first-order valence-electron chi connectivity index (χ1n) is 3.64. The predicted octanol–water partition coefficient (Wildman–Crippen LogP) is -3.25. The van der Waals surface area contributed by atoms with Crippen LogP contribution in [-0.4, -0.2) is 57.7 Å². The lowest BCUT2D eigenvalue weighted by Crippen LogP contribution is -2.61. The predicted molar refractivity (Wildman–Crippen MR) is 38.0 cm³/mol. The third-order valence-electron chi connectivity index (χ3n) is 1.93. The van der Waals surface area contributed by atoms with E-state index < -0.39 is 37.3 Å². The van der Waals surface area contributed by atoms with Gasteiger partial charge in [-0.05, 0) is 0 Å². The van der Waals surface area contributed by atoms with Crippen molar-refractivity contribution in [1.82, 2.24) is 0 Å². The average molecular weight is 179 g/mol. The van der Waals surface area contributed by atoms with Crippen LogP contribution in [0.4, 0.5) is 0 Å². The minimum atomic E-state index is -1.37. The van der Waals surface area contributed by atoms with E-state index in [4.69, 9.17) is 25.8 Å². The summed E-state index contributed by atoms with van der Waals surface area (Å²) in [5.74, 6) is 0. The van der Waals surface area contributed by atoms with Gasteiger partial charge in [0.05, 0.1) is 6.61 Å². The Bertz CT molecular complexity index is 150. The Morgan fingerprint density at radius 1 is 1.08 bits per heavy atom. The molecule has 0 saturated carbocycles. The lowest BCUT2D eigenvalue weighted by molar-refractivity contribution is -0.227. The van der Waals surface area contributed by atoms with E-state index in [1.54, 1.807) is 0 Å². The summed E-state index contributed by atoms with van der Waals surface area (Å²) in [6.07, 6.45) is -5.99. The Morgan fingerprint density at radius 3 is 2.17 bits per heavy atom. The lowest BCUT2D eigenvalue weighted by Gasteiger charge is -2.38. The number of aliphatic hydroxyl groups excluding tert-OH is 4. The minimum absolute atomic E-state index is 0.446. The third kappa shape index (κ3) is 1.58. The van der Waals surface area contributed by atoms with Gasteiger partial charge in [-0.2, -0.15) is 0 Å². The van der Waals surface area contributed by atoms with Gasteiger partial charge in [-0.1, -0.05) is 0 Å². The maximum atomic E-state index is 9.18. The molecular weight excluding hydrogens is 166 g/mol. The number of ether oxygens (including phenoxy) is 1. The van der Waals surface area contributed by atoms with Crippen molar-refractivity contribution >= 4 is 0 Å². The highest BCUT2D eigenvalue weighted by molar-refractivity contribution is 4.89. The molecule has 12 heavy (non-hydrogen) atoms. The van der Waals surface area contributed by atoms with Crippen LogP contribution in [0.25, 0.3) is 0 Å². The zero-order valence-electron chi connectivity index (χ0n) is 6.37. The van der Waals surface area contributed by atoms with Crippen molar-refractivity contribution in [2.75, 3.05) is 6.61 Å². The molecule has 1 heterocycles. The molecule has 0 aromatic rings. The van der Waals surface area contributed by atoms with E-state index in [2.05, 4.69) is 0 Å². The highest BCUT2D eigenvalue weighted by atomic mass is 16.6. The van der Waals surface area contributed by atoms with Crippen molar-refractivity contribution < 1.29 is 25.2 Å². The minimum Gasteiger partial charge on any atom is -0.394 e. The SMILES string of the molecule is NC1O[C@H](CO)[C@H](O)[C@H](O)[C@H]1O. The largest absolute Gasteiger partial charge is 0.394 e. The summed E-state index contributed by atoms with van der Waals surface area (Å²) in [5.41, 5.74) is 5.24. The fourth-order valence-corrected chi connectivity index (χ4v) is 1.13. The molecule has 1 saturated heterocycles. The molecule has 1 rings (SSSR count). The summed E-state index contributed by atoms with van der Waals surface area (Å²) in [5, 5.41) is 36.1. The first-order valence-corrected chi connectivity index (χ1v) is 3.64. The molecule has 6 heteroatoms. The van der Waals surface area contributed by atoms with Gasteiger partial charge < -0.3 is 30.9 Å². The molecule has 0 bridgehead atoms. The van der Waals surface area contributed by atoms with Crippen LogP contribution in [0.1, 0.15) is 0 Å². The van der Waals surface area contributed by atoms with E-state index in [-0.39, 0.29) is 0 Å². The van der Waals surface area contributed by atoms with Gasteiger partial charge in [0, 0.05) is 0 Å². The molecule has 0 aromatic heterocycles. The van der Waals surface area contributed by atoms with E-state index in [0.29, 0.717) is 0 Å². The van der Waals surface area contributed by atoms with Gasteiger partial charge in [0.1, 0.15) is 30.6 Å². The van der Waals surface area contributed by atoms with Crippen LogP contribution in [0, 0.1) is 0 Å². The van der Waals surface area contributed by atoms with Gasteiger partial charge >= 0.3 is 0 Å². The smallest absolute Gasteiger partial charge is 0.135 e. The molecule has 6 nitrogen and oxygen atoms in total. The van der Waals surface area contributed by atoms with Crippen LogP contribution in [0.5, 0.6) is 0 Å². The quantitative estimate of drug-likeness (QED) is 0.288. The van der Waals surface area contributed by atoms with E-state index >= 15 is 0 Å². The fourth-order valence-electron chi connectivity index (χ4n) is 1.13. The van der Waals surface area contributed by atoms with Gasteiger partial charge in [-0.25, -0.2) is 0 Å². The van der Waals surface area contributed by atoms with Crippen LogP contribution in [0.3, 0.4) is 0 Å². The second-order valence-corrected chi connectivity index (χ2v) is 2.79. The van der Waals surface area contributed by atoms with E-state index in [1.807, 2.05) is 0 Å². The van der Waals surface area contributed by atoms with E-state index in [9.17, 15) is 5.11 Å². The summed E-state index contributed by atoms with van der Waals surface area (Å²) >= 11 is 0. The summed E-state index contributed by atoms with van der Waals surface area (Å²) in [4.78, 5) is 0. The van der Waals surface area contributed by atoms with Crippen LogP contribution in [0.15, 0.2) is 0 Å². The summed E-state index contributed by atoms with van der Waals surface area (Å²) in [6.45, 7) is -0.446. The maximum absolute atomic E-state index is 9.18. The average Bonchev–Trinajstić information content (AvgIpc) is 2.08. The van der Waals surface area contributed by atoms with Gasteiger partial charge in [0.25, 0.3) is 0 Å².